The third-order valence-corrected chi connectivity index (χ3v) is 3.63. The van der Waals surface area contributed by atoms with Gasteiger partial charge in [-0.15, -0.1) is 0 Å². The van der Waals surface area contributed by atoms with Crippen molar-refractivity contribution in [1.82, 2.24) is 10.3 Å². The zero-order valence-electron chi connectivity index (χ0n) is 12.7. The number of nitrogens with zero attached hydrogens (tertiary/aromatic N) is 1. The van der Waals surface area contributed by atoms with E-state index in [0.717, 1.165) is 19.3 Å². The van der Waals surface area contributed by atoms with Crippen molar-refractivity contribution in [2.24, 2.45) is 0 Å². The standard InChI is InChI=1S/C15H20N2O5/c1-15(9-21-2,14(19)20)17-13(18)10-6-7-16-12(8-10)22-11-4-3-5-11/h6-8,11H,3-5,9H2,1-2H3,(H,17,18)(H,19,20). The van der Waals surface area contributed by atoms with Gasteiger partial charge in [0.05, 0.1) is 6.61 Å². The minimum absolute atomic E-state index is 0.134. The number of carboxylic acid groups (broad SMARTS) is 1. The van der Waals surface area contributed by atoms with E-state index in [0.29, 0.717) is 11.4 Å². The molecule has 0 saturated heterocycles. The van der Waals surface area contributed by atoms with Crippen LogP contribution in [0.1, 0.15) is 36.5 Å². The highest BCUT2D eigenvalue weighted by atomic mass is 16.5. The lowest BCUT2D eigenvalue weighted by atomic mass is 9.96. The molecular weight excluding hydrogens is 288 g/mol. The largest absolute Gasteiger partial charge is 0.479 e. The first kappa shape index (κ1) is 16.2. The molecular formula is C15H20N2O5. The van der Waals surface area contributed by atoms with Crippen LogP contribution in [0.15, 0.2) is 18.3 Å². The fourth-order valence-electron chi connectivity index (χ4n) is 2.04. The minimum atomic E-state index is -1.50. The summed E-state index contributed by atoms with van der Waals surface area (Å²) >= 11 is 0. The number of carboxylic acids is 1. The molecule has 1 aliphatic rings. The molecule has 0 aliphatic heterocycles. The van der Waals surface area contributed by atoms with Gasteiger partial charge in [0, 0.05) is 24.9 Å². The van der Waals surface area contributed by atoms with Crippen molar-refractivity contribution in [3.63, 3.8) is 0 Å². The summed E-state index contributed by atoms with van der Waals surface area (Å²) in [5.74, 6) is -1.30. The average molecular weight is 308 g/mol. The van der Waals surface area contributed by atoms with E-state index in [4.69, 9.17) is 9.47 Å². The summed E-state index contributed by atoms with van der Waals surface area (Å²) in [6.07, 6.45) is 4.74. The summed E-state index contributed by atoms with van der Waals surface area (Å²) in [5, 5.41) is 11.7. The number of hydrogen-bond donors (Lipinski definition) is 2. The Kier molecular flexibility index (Phi) is 4.97. The summed E-state index contributed by atoms with van der Waals surface area (Å²) in [4.78, 5) is 27.6. The maximum atomic E-state index is 12.2. The molecule has 120 valence electrons. The Bertz CT molecular complexity index is 559. The van der Waals surface area contributed by atoms with Crippen LogP contribution in [0.4, 0.5) is 0 Å². The monoisotopic (exact) mass is 308 g/mol. The van der Waals surface area contributed by atoms with E-state index in [9.17, 15) is 14.7 Å². The zero-order chi connectivity index (χ0) is 16.2. The molecule has 2 rings (SSSR count). The Morgan fingerprint density at radius 1 is 1.50 bits per heavy atom. The molecule has 1 atom stereocenters. The van der Waals surface area contributed by atoms with Gasteiger partial charge in [0.2, 0.25) is 5.88 Å². The van der Waals surface area contributed by atoms with E-state index < -0.39 is 17.4 Å². The van der Waals surface area contributed by atoms with Crippen molar-refractivity contribution < 1.29 is 24.2 Å². The number of aliphatic carboxylic acids is 1. The zero-order valence-corrected chi connectivity index (χ0v) is 12.7. The smallest absolute Gasteiger partial charge is 0.331 e. The lowest BCUT2D eigenvalue weighted by Gasteiger charge is -2.26. The summed E-state index contributed by atoms with van der Waals surface area (Å²) in [6.45, 7) is 1.26. The summed E-state index contributed by atoms with van der Waals surface area (Å²) in [7, 11) is 1.38. The van der Waals surface area contributed by atoms with Crippen LogP contribution in [0.2, 0.25) is 0 Å². The Morgan fingerprint density at radius 2 is 2.23 bits per heavy atom. The highest BCUT2D eigenvalue weighted by Gasteiger charge is 2.35. The van der Waals surface area contributed by atoms with Crippen molar-refractivity contribution in [2.75, 3.05) is 13.7 Å². The first-order chi connectivity index (χ1) is 10.4. The van der Waals surface area contributed by atoms with Crippen LogP contribution in [0.5, 0.6) is 5.88 Å². The van der Waals surface area contributed by atoms with Crippen molar-refractivity contribution in [3.8, 4) is 5.88 Å². The normalized spacial score (nSPS) is 17.2. The van der Waals surface area contributed by atoms with Gasteiger partial charge in [0.15, 0.2) is 5.54 Å². The Morgan fingerprint density at radius 3 is 2.77 bits per heavy atom. The third-order valence-electron chi connectivity index (χ3n) is 3.63. The molecule has 2 N–H and O–H groups in total. The van der Waals surface area contributed by atoms with Crippen molar-refractivity contribution in [1.29, 1.82) is 0 Å². The van der Waals surface area contributed by atoms with Crippen molar-refractivity contribution >= 4 is 11.9 Å². The van der Waals surface area contributed by atoms with E-state index in [2.05, 4.69) is 10.3 Å². The van der Waals surface area contributed by atoms with Gasteiger partial charge < -0.3 is 19.9 Å². The first-order valence-corrected chi connectivity index (χ1v) is 7.12. The molecule has 1 aromatic heterocycles. The molecule has 1 unspecified atom stereocenters. The maximum absolute atomic E-state index is 12.2. The fraction of sp³-hybridized carbons (Fsp3) is 0.533. The van der Waals surface area contributed by atoms with Crippen LogP contribution in [0, 0.1) is 0 Å². The van der Waals surface area contributed by atoms with Gasteiger partial charge >= 0.3 is 5.97 Å². The maximum Gasteiger partial charge on any atom is 0.331 e. The molecule has 1 aliphatic carbocycles. The number of aromatic nitrogens is 1. The number of carbonyl (C=O) groups is 2. The highest BCUT2D eigenvalue weighted by molar-refractivity contribution is 5.97. The third kappa shape index (κ3) is 3.73. The topological polar surface area (TPSA) is 97.8 Å². The van der Waals surface area contributed by atoms with Gasteiger partial charge in [-0.1, -0.05) is 0 Å². The second kappa shape index (κ2) is 6.74. The first-order valence-electron chi connectivity index (χ1n) is 7.12. The van der Waals surface area contributed by atoms with E-state index in [1.807, 2.05) is 0 Å². The summed E-state index contributed by atoms with van der Waals surface area (Å²) in [6, 6.07) is 3.03. The number of pyridine rings is 1. The predicted molar refractivity (Wildman–Crippen MR) is 77.9 cm³/mol. The highest BCUT2D eigenvalue weighted by Crippen LogP contribution is 2.24. The molecule has 7 heteroatoms. The number of carbonyl (C=O) groups excluding carboxylic acids is 1. The molecule has 0 radical (unpaired) electrons. The SMILES string of the molecule is COCC(C)(NC(=O)c1ccnc(OC2CCC2)c1)C(=O)O. The quantitative estimate of drug-likeness (QED) is 0.786. The number of nitrogens with one attached hydrogen (secondary N) is 1. The number of rotatable bonds is 7. The van der Waals surface area contributed by atoms with Crippen LogP contribution in [-0.2, 0) is 9.53 Å². The number of methoxy groups -OCH3 is 1. The molecule has 1 amide bonds. The molecule has 0 spiro atoms. The Hall–Kier alpha value is -2.15. The molecule has 0 aromatic carbocycles. The van der Waals surface area contributed by atoms with Gasteiger partial charge in [-0.05, 0) is 32.3 Å². The van der Waals surface area contributed by atoms with E-state index in [-0.39, 0.29) is 12.7 Å². The van der Waals surface area contributed by atoms with Crippen molar-refractivity contribution in [2.45, 2.75) is 37.8 Å². The molecule has 1 aromatic rings. The van der Waals surface area contributed by atoms with Crippen LogP contribution >= 0.6 is 0 Å². The van der Waals surface area contributed by atoms with E-state index >= 15 is 0 Å². The molecule has 7 nitrogen and oxygen atoms in total. The predicted octanol–water partition coefficient (Wildman–Crippen LogP) is 1.23. The molecule has 1 fully saturated rings. The number of hydrogen-bond acceptors (Lipinski definition) is 5. The lowest BCUT2D eigenvalue weighted by Crippen LogP contribution is -2.55. The Balaban J connectivity index is 2.07. The molecule has 22 heavy (non-hydrogen) atoms. The second-order valence-electron chi connectivity index (χ2n) is 5.58. The van der Waals surface area contributed by atoms with Crippen LogP contribution in [0.3, 0.4) is 0 Å². The van der Waals surface area contributed by atoms with Crippen LogP contribution < -0.4 is 10.1 Å². The van der Waals surface area contributed by atoms with Gasteiger partial charge in [-0.3, -0.25) is 4.79 Å². The van der Waals surface area contributed by atoms with Gasteiger partial charge in [0.1, 0.15) is 6.10 Å². The van der Waals surface area contributed by atoms with Gasteiger partial charge in [-0.25, -0.2) is 9.78 Å². The van der Waals surface area contributed by atoms with Crippen LogP contribution in [-0.4, -0.2) is 47.3 Å². The van der Waals surface area contributed by atoms with E-state index in [1.54, 1.807) is 0 Å². The molecule has 1 heterocycles. The Labute approximate surface area is 128 Å². The number of ether oxygens (including phenoxy) is 2. The van der Waals surface area contributed by atoms with Gasteiger partial charge in [0.25, 0.3) is 5.91 Å². The summed E-state index contributed by atoms with van der Waals surface area (Å²) < 4.78 is 10.5. The average Bonchev–Trinajstić information content (AvgIpc) is 2.43. The minimum Gasteiger partial charge on any atom is -0.479 e. The fourth-order valence-corrected chi connectivity index (χ4v) is 2.04. The molecule has 1 saturated carbocycles. The lowest BCUT2D eigenvalue weighted by molar-refractivity contribution is -0.145. The molecule has 0 bridgehead atoms. The number of amides is 1. The second-order valence-corrected chi connectivity index (χ2v) is 5.58. The van der Waals surface area contributed by atoms with Gasteiger partial charge in [-0.2, -0.15) is 0 Å². The van der Waals surface area contributed by atoms with Crippen LogP contribution in [0.25, 0.3) is 0 Å². The van der Waals surface area contributed by atoms with E-state index in [1.165, 1.54) is 32.4 Å². The van der Waals surface area contributed by atoms with Crippen molar-refractivity contribution in [3.05, 3.63) is 23.9 Å². The summed E-state index contributed by atoms with van der Waals surface area (Å²) in [5.41, 5.74) is -1.20.